The van der Waals surface area contributed by atoms with E-state index in [1.54, 1.807) is 0 Å². The van der Waals surface area contributed by atoms with Gasteiger partial charge in [-0.3, -0.25) is 10.1 Å². The predicted octanol–water partition coefficient (Wildman–Crippen LogP) is 5.78. The Morgan fingerprint density at radius 1 is 0.645 bits per heavy atom. The van der Waals surface area contributed by atoms with Crippen LogP contribution in [0, 0.1) is 0 Å². The van der Waals surface area contributed by atoms with Crippen LogP contribution < -0.4 is 5.32 Å². The normalized spacial score (nSPS) is 12.3. The van der Waals surface area contributed by atoms with Gasteiger partial charge >= 0.3 is 5.97 Å². The molecule has 154 valence electrons. The minimum absolute atomic E-state index is 0.0295. The maximum absolute atomic E-state index is 11.8. The molecule has 0 amide bonds. The molecule has 0 bridgehead atoms. The van der Waals surface area contributed by atoms with E-state index in [9.17, 15) is 9.90 Å². The largest absolute Gasteiger partial charge is 0.481 e. The summed E-state index contributed by atoms with van der Waals surface area (Å²) in [7, 11) is 0. The highest BCUT2D eigenvalue weighted by Gasteiger charge is 2.38. The molecule has 3 nitrogen and oxygen atoms in total. The van der Waals surface area contributed by atoms with Crippen molar-refractivity contribution in [1.29, 1.82) is 0 Å². The van der Waals surface area contributed by atoms with Gasteiger partial charge < -0.3 is 5.11 Å². The Bertz CT molecular complexity index is 1000. The fraction of sp³-hybridized carbons (Fsp3) is 0.107. The van der Waals surface area contributed by atoms with E-state index in [0.717, 1.165) is 22.3 Å². The molecule has 4 aromatic rings. The molecule has 4 rings (SSSR count). The SMILES string of the molecule is O=C(O)CC(NC(c1ccccc1)(c1ccccc1)c1ccccc1)c1ccccc1. The Balaban J connectivity index is 1.96. The van der Waals surface area contributed by atoms with Crippen molar-refractivity contribution in [3.8, 4) is 0 Å². The number of hydrogen-bond acceptors (Lipinski definition) is 2. The first kappa shape index (κ1) is 20.6. The maximum atomic E-state index is 11.8. The van der Waals surface area contributed by atoms with Crippen LogP contribution in [-0.4, -0.2) is 11.1 Å². The predicted molar refractivity (Wildman–Crippen MR) is 124 cm³/mol. The Morgan fingerprint density at radius 3 is 1.35 bits per heavy atom. The molecule has 2 N–H and O–H groups in total. The second-order valence-electron chi connectivity index (χ2n) is 7.55. The van der Waals surface area contributed by atoms with E-state index >= 15 is 0 Å². The third kappa shape index (κ3) is 4.42. The van der Waals surface area contributed by atoms with Gasteiger partial charge in [0.25, 0.3) is 0 Å². The molecule has 0 aliphatic heterocycles. The molecule has 0 saturated heterocycles. The average molecular weight is 408 g/mol. The molecule has 1 unspecified atom stereocenters. The van der Waals surface area contributed by atoms with E-state index in [1.807, 2.05) is 84.9 Å². The number of aliphatic carboxylic acids is 1. The highest BCUT2D eigenvalue weighted by Crippen LogP contribution is 2.39. The molecule has 3 heteroatoms. The molecule has 1 atom stereocenters. The maximum Gasteiger partial charge on any atom is 0.305 e. The lowest BCUT2D eigenvalue weighted by Gasteiger charge is -2.40. The quantitative estimate of drug-likeness (QED) is 0.364. The molecule has 0 fully saturated rings. The highest BCUT2D eigenvalue weighted by atomic mass is 16.4. The van der Waals surface area contributed by atoms with Crippen molar-refractivity contribution in [3.63, 3.8) is 0 Å². The van der Waals surface area contributed by atoms with Gasteiger partial charge in [-0.05, 0) is 22.3 Å². The number of hydrogen-bond donors (Lipinski definition) is 2. The van der Waals surface area contributed by atoms with Crippen LogP contribution in [0.2, 0.25) is 0 Å². The van der Waals surface area contributed by atoms with Crippen molar-refractivity contribution in [2.75, 3.05) is 0 Å². The summed E-state index contributed by atoms with van der Waals surface area (Å²) in [6, 6.07) is 40.1. The van der Waals surface area contributed by atoms with Crippen LogP contribution in [0.15, 0.2) is 121 Å². The summed E-state index contributed by atoms with van der Waals surface area (Å²) in [5.41, 5.74) is 3.38. The van der Waals surface area contributed by atoms with Gasteiger partial charge in [0, 0.05) is 6.04 Å². The first-order chi connectivity index (χ1) is 15.2. The van der Waals surface area contributed by atoms with Gasteiger partial charge in [-0.1, -0.05) is 121 Å². The van der Waals surface area contributed by atoms with Gasteiger partial charge in [0.2, 0.25) is 0 Å². The zero-order chi connectivity index (χ0) is 21.5. The van der Waals surface area contributed by atoms with Crippen molar-refractivity contribution >= 4 is 5.97 Å². The van der Waals surface area contributed by atoms with Gasteiger partial charge in [-0.15, -0.1) is 0 Å². The molecule has 0 spiro atoms. The Hall–Kier alpha value is -3.69. The first-order valence-electron chi connectivity index (χ1n) is 10.4. The first-order valence-corrected chi connectivity index (χ1v) is 10.4. The molecule has 0 heterocycles. The van der Waals surface area contributed by atoms with Crippen molar-refractivity contribution in [3.05, 3.63) is 144 Å². The molecular formula is C28H25NO2. The second-order valence-corrected chi connectivity index (χ2v) is 7.55. The van der Waals surface area contributed by atoms with Crippen LogP contribution in [0.5, 0.6) is 0 Å². The van der Waals surface area contributed by atoms with E-state index in [4.69, 9.17) is 0 Å². The van der Waals surface area contributed by atoms with Gasteiger partial charge in [0.1, 0.15) is 0 Å². The van der Waals surface area contributed by atoms with E-state index in [1.165, 1.54) is 0 Å². The monoisotopic (exact) mass is 407 g/mol. The Morgan fingerprint density at radius 2 is 1.00 bits per heavy atom. The number of carbonyl (C=O) groups is 1. The minimum Gasteiger partial charge on any atom is -0.481 e. The van der Waals surface area contributed by atoms with Crippen LogP contribution >= 0.6 is 0 Å². The number of carboxylic acids is 1. The summed E-state index contributed by atoms with van der Waals surface area (Å²) in [5, 5.41) is 13.5. The van der Waals surface area contributed by atoms with E-state index in [2.05, 4.69) is 41.7 Å². The van der Waals surface area contributed by atoms with Gasteiger partial charge in [0.15, 0.2) is 0 Å². The lowest BCUT2D eigenvalue weighted by atomic mass is 9.76. The Labute approximate surface area is 183 Å². The van der Waals surface area contributed by atoms with Crippen LogP contribution in [0.25, 0.3) is 0 Å². The summed E-state index contributed by atoms with van der Waals surface area (Å²) in [6.07, 6.45) is -0.0295. The summed E-state index contributed by atoms with van der Waals surface area (Å²) in [6.45, 7) is 0. The summed E-state index contributed by atoms with van der Waals surface area (Å²) < 4.78 is 0. The van der Waals surface area contributed by atoms with Crippen molar-refractivity contribution < 1.29 is 9.90 Å². The zero-order valence-electron chi connectivity index (χ0n) is 17.2. The third-order valence-corrected chi connectivity index (χ3v) is 5.59. The van der Waals surface area contributed by atoms with Crippen LogP contribution in [0.1, 0.15) is 34.7 Å². The smallest absolute Gasteiger partial charge is 0.305 e. The van der Waals surface area contributed by atoms with Gasteiger partial charge in [-0.2, -0.15) is 0 Å². The summed E-state index contributed by atoms with van der Waals surface area (Å²) >= 11 is 0. The molecule has 0 saturated carbocycles. The van der Waals surface area contributed by atoms with Crippen molar-refractivity contribution in [2.45, 2.75) is 18.0 Å². The molecular weight excluding hydrogens is 382 g/mol. The molecule has 0 aromatic heterocycles. The standard InChI is InChI=1S/C28H25NO2/c30-27(31)21-26(22-13-5-1-6-14-22)29-28(23-15-7-2-8-16-23,24-17-9-3-10-18-24)25-19-11-4-12-20-25/h1-20,26,29H,21H2,(H,30,31). The fourth-order valence-electron chi connectivity index (χ4n) is 4.19. The van der Waals surface area contributed by atoms with E-state index in [-0.39, 0.29) is 12.5 Å². The average Bonchev–Trinajstić information content (AvgIpc) is 2.84. The van der Waals surface area contributed by atoms with Gasteiger partial charge in [0.05, 0.1) is 12.0 Å². The number of carboxylic acid groups (broad SMARTS) is 1. The van der Waals surface area contributed by atoms with E-state index in [0.29, 0.717) is 0 Å². The molecule has 4 aromatic carbocycles. The Kier molecular flexibility index (Phi) is 6.25. The number of nitrogens with one attached hydrogen (secondary N) is 1. The van der Waals surface area contributed by atoms with Crippen molar-refractivity contribution in [1.82, 2.24) is 5.32 Å². The summed E-state index contributed by atoms with van der Waals surface area (Å²) in [4.78, 5) is 11.8. The third-order valence-electron chi connectivity index (χ3n) is 5.59. The molecule has 0 aliphatic rings. The number of rotatable bonds is 8. The number of benzene rings is 4. The zero-order valence-corrected chi connectivity index (χ0v) is 17.2. The van der Waals surface area contributed by atoms with Crippen LogP contribution in [0.3, 0.4) is 0 Å². The molecule has 31 heavy (non-hydrogen) atoms. The lowest BCUT2D eigenvalue weighted by molar-refractivity contribution is -0.137. The highest BCUT2D eigenvalue weighted by molar-refractivity contribution is 5.68. The van der Waals surface area contributed by atoms with Gasteiger partial charge in [-0.25, -0.2) is 0 Å². The van der Waals surface area contributed by atoms with E-state index < -0.39 is 11.5 Å². The topological polar surface area (TPSA) is 49.3 Å². The van der Waals surface area contributed by atoms with Crippen molar-refractivity contribution in [2.24, 2.45) is 0 Å². The lowest BCUT2D eigenvalue weighted by Crippen LogP contribution is -2.47. The second kappa shape index (κ2) is 9.41. The fourth-order valence-corrected chi connectivity index (χ4v) is 4.19. The minimum atomic E-state index is -0.843. The molecule has 0 radical (unpaired) electrons. The van der Waals surface area contributed by atoms with Crippen LogP contribution in [0.4, 0.5) is 0 Å². The molecule has 0 aliphatic carbocycles. The summed E-state index contributed by atoms with van der Waals surface area (Å²) in [5.74, 6) is -0.843. The van der Waals surface area contributed by atoms with Crippen LogP contribution in [-0.2, 0) is 10.3 Å².